The van der Waals surface area contributed by atoms with Crippen LogP contribution in [-0.4, -0.2) is 0 Å². The summed E-state index contributed by atoms with van der Waals surface area (Å²) in [5.74, 6) is 0. The lowest BCUT2D eigenvalue weighted by molar-refractivity contribution is 0.553. The van der Waals surface area contributed by atoms with E-state index in [2.05, 4.69) is 35.6 Å². The zero-order valence-electron chi connectivity index (χ0n) is 11.7. The van der Waals surface area contributed by atoms with Crippen molar-refractivity contribution in [1.82, 2.24) is 5.32 Å². The molecule has 3 aromatic rings. The molecule has 0 aliphatic carbocycles. The Labute approximate surface area is 122 Å². The van der Waals surface area contributed by atoms with Crippen molar-refractivity contribution in [3.8, 4) is 0 Å². The van der Waals surface area contributed by atoms with E-state index in [0.717, 1.165) is 17.5 Å². The highest BCUT2D eigenvalue weighted by molar-refractivity contribution is 5.78. The summed E-state index contributed by atoms with van der Waals surface area (Å²) in [7, 11) is 0. The molecule has 1 unspecified atom stereocenters. The summed E-state index contributed by atoms with van der Waals surface area (Å²) in [5.41, 5.74) is 4.77. The Morgan fingerprint density at radius 3 is 2.90 bits per heavy atom. The maximum Gasteiger partial charge on any atom is 0.339 e. The maximum absolute atomic E-state index is 11.7. The second-order valence-electron chi connectivity index (χ2n) is 5.53. The van der Waals surface area contributed by atoms with Crippen molar-refractivity contribution in [1.29, 1.82) is 0 Å². The van der Waals surface area contributed by atoms with Gasteiger partial charge in [-0.15, -0.1) is 0 Å². The molecule has 0 fully saturated rings. The molecule has 0 saturated heterocycles. The molecule has 1 atom stereocenters. The van der Waals surface area contributed by atoms with Gasteiger partial charge in [0.15, 0.2) is 0 Å². The molecular weight excluding hydrogens is 262 g/mol. The molecule has 2 aromatic carbocycles. The van der Waals surface area contributed by atoms with Crippen LogP contribution in [-0.2, 0) is 6.54 Å². The van der Waals surface area contributed by atoms with Crippen molar-refractivity contribution >= 4 is 11.0 Å². The molecule has 0 bridgehead atoms. The van der Waals surface area contributed by atoms with Crippen molar-refractivity contribution in [2.45, 2.75) is 19.5 Å². The SMILES string of the molecule is Cc1cc2ccc(C3NCc4ccccc43)cc2oc1=O. The average Bonchev–Trinajstić information content (AvgIpc) is 2.92. The maximum atomic E-state index is 11.7. The minimum Gasteiger partial charge on any atom is -0.423 e. The van der Waals surface area contributed by atoms with Gasteiger partial charge in [0.05, 0.1) is 6.04 Å². The summed E-state index contributed by atoms with van der Waals surface area (Å²) in [4.78, 5) is 11.7. The van der Waals surface area contributed by atoms with E-state index in [4.69, 9.17) is 4.42 Å². The minimum atomic E-state index is -0.264. The lowest BCUT2D eigenvalue weighted by atomic mass is 9.98. The fraction of sp³-hybridized carbons (Fsp3) is 0.167. The fourth-order valence-electron chi connectivity index (χ4n) is 3.01. The summed E-state index contributed by atoms with van der Waals surface area (Å²) in [5, 5.41) is 4.47. The predicted octanol–water partition coefficient (Wildman–Crippen LogP) is 3.29. The van der Waals surface area contributed by atoms with Crippen LogP contribution in [0.25, 0.3) is 11.0 Å². The van der Waals surface area contributed by atoms with Crippen molar-refractivity contribution in [3.63, 3.8) is 0 Å². The largest absolute Gasteiger partial charge is 0.423 e. The van der Waals surface area contributed by atoms with Crippen molar-refractivity contribution in [2.24, 2.45) is 0 Å². The third-order valence-electron chi connectivity index (χ3n) is 4.13. The molecule has 21 heavy (non-hydrogen) atoms. The number of hydrogen-bond donors (Lipinski definition) is 1. The first kappa shape index (κ1) is 12.4. The number of hydrogen-bond acceptors (Lipinski definition) is 3. The van der Waals surface area contributed by atoms with Gasteiger partial charge in [-0.2, -0.15) is 0 Å². The predicted molar refractivity (Wildman–Crippen MR) is 82.3 cm³/mol. The topological polar surface area (TPSA) is 42.2 Å². The Morgan fingerprint density at radius 2 is 2.00 bits per heavy atom. The Bertz CT molecular complexity index is 895. The van der Waals surface area contributed by atoms with Gasteiger partial charge in [0.1, 0.15) is 5.58 Å². The Hall–Kier alpha value is -2.39. The summed E-state index contributed by atoms with van der Waals surface area (Å²) in [6, 6.07) is 16.5. The smallest absolute Gasteiger partial charge is 0.339 e. The molecule has 0 saturated carbocycles. The molecule has 3 heteroatoms. The normalized spacial score (nSPS) is 17.1. The molecule has 4 rings (SSSR count). The standard InChI is InChI=1S/C18H15NO2/c1-11-8-12-6-7-13(9-16(12)21-18(11)20)17-15-5-3-2-4-14(15)10-19-17/h2-9,17,19H,10H2,1H3. The number of rotatable bonds is 1. The first-order valence-corrected chi connectivity index (χ1v) is 7.08. The third kappa shape index (κ3) is 1.98. The van der Waals surface area contributed by atoms with Gasteiger partial charge >= 0.3 is 5.63 Å². The zero-order valence-corrected chi connectivity index (χ0v) is 11.7. The van der Waals surface area contributed by atoms with E-state index in [1.165, 1.54) is 11.1 Å². The third-order valence-corrected chi connectivity index (χ3v) is 4.13. The fourth-order valence-corrected chi connectivity index (χ4v) is 3.01. The number of nitrogens with one attached hydrogen (secondary N) is 1. The minimum absolute atomic E-state index is 0.164. The van der Waals surface area contributed by atoms with E-state index in [0.29, 0.717) is 11.1 Å². The molecular formula is C18H15NO2. The highest BCUT2D eigenvalue weighted by Crippen LogP contribution is 2.32. The van der Waals surface area contributed by atoms with E-state index in [9.17, 15) is 4.79 Å². The molecule has 1 aliphatic rings. The van der Waals surface area contributed by atoms with Crippen LogP contribution >= 0.6 is 0 Å². The molecule has 2 heterocycles. The summed E-state index contributed by atoms with van der Waals surface area (Å²) in [6.45, 7) is 2.64. The van der Waals surface area contributed by atoms with E-state index in [1.807, 2.05) is 18.2 Å². The van der Waals surface area contributed by atoms with Crippen molar-refractivity contribution < 1.29 is 4.42 Å². The number of aryl methyl sites for hydroxylation is 1. The first-order chi connectivity index (χ1) is 10.2. The van der Waals surface area contributed by atoms with E-state index < -0.39 is 0 Å². The monoisotopic (exact) mass is 277 g/mol. The molecule has 0 amide bonds. The lowest BCUT2D eigenvalue weighted by Crippen LogP contribution is -2.13. The van der Waals surface area contributed by atoms with Crippen LogP contribution < -0.4 is 10.9 Å². The molecule has 1 aliphatic heterocycles. The van der Waals surface area contributed by atoms with Crippen molar-refractivity contribution in [2.75, 3.05) is 0 Å². The summed E-state index contributed by atoms with van der Waals surface area (Å²) < 4.78 is 5.40. The Morgan fingerprint density at radius 1 is 1.14 bits per heavy atom. The summed E-state index contributed by atoms with van der Waals surface area (Å²) >= 11 is 0. The van der Waals surface area contributed by atoms with Crippen LogP contribution in [0.15, 0.2) is 57.7 Å². The van der Waals surface area contributed by atoms with Gasteiger partial charge in [0.2, 0.25) is 0 Å². The molecule has 104 valence electrons. The molecule has 3 nitrogen and oxygen atoms in total. The van der Waals surface area contributed by atoms with Crippen LogP contribution in [0.1, 0.15) is 28.3 Å². The van der Waals surface area contributed by atoms with Gasteiger partial charge in [-0.25, -0.2) is 4.79 Å². The second-order valence-corrected chi connectivity index (χ2v) is 5.53. The van der Waals surface area contributed by atoms with Crippen LogP contribution in [0, 0.1) is 6.92 Å². The Balaban J connectivity index is 1.85. The van der Waals surface area contributed by atoms with E-state index in [1.54, 1.807) is 6.92 Å². The molecule has 1 aromatic heterocycles. The van der Waals surface area contributed by atoms with Crippen LogP contribution in [0.5, 0.6) is 0 Å². The van der Waals surface area contributed by atoms with Crippen LogP contribution in [0.3, 0.4) is 0 Å². The quantitative estimate of drug-likeness (QED) is 0.694. The Kier molecular flexibility index (Phi) is 2.69. The zero-order chi connectivity index (χ0) is 14.4. The van der Waals surface area contributed by atoms with Crippen LogP contribution in [0.4, 0.5) is 0 Å². The second kappa shape index (κ2) is 4.57. The van der Waals surface area contributed by atoms with E-state index >= 15 is 0 Å². The molecule has 0 spiro atoms. The molecule has 1 N–H and O–H groups in total. The average molecular weight is 277 g/mol. The summed E-state index contributed by atoms with van der Waals surface area (Å²) in [6.07, 6.45) is 0. The highest BCUT2D eigenvalue weighted by atomic mass is 16.4. The lowest BCUT2D eigenvalue weighted by Gasteiger charge is -2.13. The number of fused-ring (bicyclic) bond motifs is 2. The first-order valence-electron chi connectivity index (χ1n) is 7.08. The van der Waals surface area contributed by atoms with Gasteiger partial charge in [-0.3, -0.25) is 0 Å². The molecule has 0 radical (unpaired) electrons. The van der Waals surface area contributed by atoms with Gasteiger partial charge in [0, 0.05) is 17.5 Å². The number of benzene rings is 2. The van der Waals surface area contributed by atoms with Gasteiger partial charge in [0.25, 0.3) is 0 Å². The van der Waals surface area contributed by atoms with Gasteiger partial charge in [-0.1, -0.05) is 36.4 Å². The van der Waals surface area contributed by atoms with Crippen LogP contribution in [0.2, 0.25) is 0 Å². The van der Waals surface area contributed by atoms with Gasteiger partial charge in [-0.05, 0) is 35.7 Å². The van der Waals surface area contributed by atoms with E-state index in [-0.39, 0.29) is 11.7 Å². The van der Waals surface area contributed by atoms with Gasteiger partial charge < -0.3 is 9.73 Å². The highest BCUT2D eigenvalue weighted by Gasteiger charge is 2.23. The van der Waals surface area contributed by atoms with Crippen molar-refractivity contribution in [3.05, 3.63) is 81.2 Å².